The monoisotopic (exact) mass is 537 g/mol. The van der Waals surface area contributed by atoms with Crippen molar-refractivity contribution < 1.29 is 9.53 Å². The van der Waals surface area contributed by atoms with Gasteiger partial charge >= 0.3 is 0 Å². The highest BCUT2D eigenvalue weighted by Crippen LogP contribution is 2.18. The van der Waals surface area contributed by atoms with E-state index in [9.17, 15) is 4.79 Å². The fraction of sp³-hybridized carbons (Fsp3) is 0.158. The number of hydrogen-bond donors (Lipinski definition) is 3. The molecular formula is C19H20IN7O2S. The van der Waals surface area contributed by atoms with Crippen LogP contribution in [0, 0.1) is 3.57 Å². The summed E-state index contributed by atoms with van der Waals surface area (Å²) in [5, 5.41) is 15.3. The van der Waals surface area contributed by atoms with E-state index in [-0.39, 0.29) is 17.6 Å². The first-order valence-corrected chi connectivity index (χ1v) is 11.0. The van der Waals surface area contributed by atoms with Crippen molar-refractivity contribution in [1.82, 2.24) is 14.9 Å². The fourth-order valence-corrected chi connectivity index (χ4v) is 3.31. The zero-order valence-corrected chi connectivity index (χ0v) is 19.1. The molecule has 156 valence electrons. The lowest BCUT2D eigenvalue weighted by atomic mass is 10.2. The predicted molar refractivity (Wildman–Crippen MR) is 128 cm³/mol. The number of carbonyl (C=O) groups excluding carboxylic acids is 1. The standard InChI is InChI=1S/C19H20IN7O2S/c1-2-29-16-9-3-13(4-10-16)11-22-24-18-25-26-19(27(18)21)30-12-17(28)23-15-7-5-14(20)6-8-15/h3-11H,2,12,21H2,1H3,(H,23,28)(H,24,25)/b22-11+. The average Bonchev–Trinajstić information content (AvgIpc) is 3.09. The summed E-state index contributed by atoms with van der Waals surface area (Å²) >= 11 is 3.39. The zero-order chi connectivity index (χ0) is 21.3. The third-order valence-electron chi connectivity index (χ3n) is 3.69. The molecule has 1 heterocycles. The molecule has 0 unspecified atom stereocenters. The van der Waals surface area contributed by atoms with Gasteiger partial charge in [0.05, 0.1) is 18.6 Å². The van der Waals surface area contributed by atoms with Crippen molar-refractivity contribution >= 4 is 58.1 Å². The van der Waals surface area contributed by atoms with Crippen LogP contribution in [0.1, 0.15) is 12.5 Å². The van der Waals surface area contributed by atoms with Crippen LogP contribution < -0.4 is 21.3 Å². The van der Waals surface area contributed by atoms with Crippen LogP contribution >= 0.6 is 34.4 Å². The van der Waals surface area contributed by atoms with Gasteiger partial charge in [-0.15, -0.1) is 10.2 Å². The molecule has 0 radical (unpaired) electrons. The number of carbonyl (C=O) groups is 1. The molecule has 0 spiro atoms. The molecule has 3 aromatic rings. The van der Waals surface area contributed by atoms with Gasteiger partial charge in [-0.3, -0.25) is 4.79 Å². The zero-order valence-electron chi connectivity index (χ0n) is 16.1. The maximum absolute atomic E-state index is 12.1. The Hall–Kier alpha value is -2.80. The van der Waals surface area contributed by atoms with Gasteiger partial charge in [-0.05, 0) is 83.6 Å². The fourth-order valence-electron chi connectivity index (χ4n) is 2.29. The number of aromatic nitrogens is 3. The van der Waals surface area contributed by atoms with Crippen LogP contribution in [-0.4, -0.2) is 39.4 Å². The number of amides is 1. The first kappa shape index (κ1) is 21.9. The van der Waals surface area contributed by atoms with Gasteiger partial charge in [-0.25, -0.2) is 10.1 Å². The molecule has 11 heteroatoms. The summed E-state index contributed by atoms with van der Waals surface area (Å²) in [5.74, 6) is 7.03. The van der Waals surface area contributed by atoms with E-state index in [4.69, 9.17) is 10.6 Å². The van der Waals surface area contributed by atoms with Gasteiger partial charge in [-0.2, -0.15) is 5.10 Å². The highest BCUT2D eigenvalue weighted by molar-refractivity contribution is 14.1. The van der Waals surface area contributed by atoms with Crippen molar-refractivity contribution in [2.24, 2.45) is 5.10 Å². The van der Waals surface area contributed by atoms with Gasteiger partial charge in [0, 0.05) is 9.26 Å². The van der Waals surface area contributed by atoms with E-state index in [0.717, 1.165) is 20.6 Å². The van der Waals surface area contributed by atoms with Gasteiger partial charge in [0.25, 0.3) is 5.95 Å². The van der Waals surface area contributed by atoms with Crippen LogP contribution in [-0.2, 0) is 4.79 Å². The first-order chi connectivity index (χ1) is 14.5. The predicted octanol–water partition coefficient (Wildman–Crippen LogP) is 3.17. The molecule has 0 saturated heterocycles. The Morgan fingerprint density at radius 2 is 1.97 bits per heavy atom. The van der Waals surface area contributed by atoms with Crippen LogP contribution in [0.3, 0.4) is 0 Å². The molecule has 0 atom stereocenters. The smallest absolute Gasteiger partial charge is 0.264 e. The van der Waals surface area contributed by atoms with Crippen molar-refractivity contribution in [3.8, 4) is 5.75 Å². The third kappa shape index (κ3) is 6.35. The Morgan fingerprint density at radius 1 is 1.23 bits per heavy atom. The van der Waals surface area contributed by atoms with E-state index in [1.807, 2.05) is 55.5 Å². The van der Waals surface area contributed by atoms with E-state index >= 15 is 0 Å². The van der Waals surface area contributed by atoms with E-state index in [1.165, 1.54) is 16.4 Å². The van der Waals surface area contributed by atoms with Crippen LogP contribution in [0.5, 0.6) is 5.75 Å². The van der Waals surface area contributed by atoms with E-state index < -0.39 is 0 Å². The summed E-state index contributed by atoms with van der Waals surface area (Å²) in [7, 11) is 0. The number of nitrogens with one attached hydrogen (secondary N) is 2. The molecule has 1 aromatic heterocycles. The quantitative estimate of drug-likeness (QED) is 0.126. The SMILES string of the molecule is CCOc1ccc(/C=N/Nc2nnc(SCC(=O)Nc3ccc(I)cc3)n2N)cc1. The van der Waals surface area contributed by atoms with Crippen LogP contribution in [0.2, 0.25) is 0 Å². The molecule has 0 aliphatic carbocycles. The number of hydrazone groups is 1. The molecule has 3 rings (SSSR count). The molecule has 4 N–H and O–H groups in total. The van der Waals surface area contributed by atoms with Crippen molar-refractivity contribution in [3.05, 3.63) is 57.7 Å². The number of halogens is 1. The summed E-state index contributed by atoms with van der Waals surface area (Å²) < 4.78 is 7.75. The van der Waals surface area contributed by atoms with Gasteiger partial charge in [0.2, 0.25) is 11.1 Å². The number of anilines is 2. The minimum absolute atomic E-state index is 0.150. The second-order valence-electron chi connectivity index (χ2n) is 5.89. The lowest BCUT2D eigenvalue weighted by Crippen LogP contribution is -2.16. The molecule has 0 saturated carbocycles. The maximum atomic E-state index is 12.1. The molecule has 0 bridgehead atoms. The highest BCUT2D eigenvalue weighted by Gasteiger charge is 2.12. The Morgan fingerprint density at radius 3 is 2.67 bits per heavy atom. The van der Waals surface area contributed by atoms with Crippen LogP contribution in [0.4, 0.5) is 11.6 Å². The number of nitrogens with two attached hydrogens (primary N) is 1. The first-order valence-electron chi connectivity index (χ1n) is 8.96. The average molecular weight is 537 g/mol. The Labute approximate surface area is 191 Å². The largest absolute Gasteiger partial charge is 0.494 e. The minimum atomic E-state index is -0.160. The van der Waals surface area contributed by atoms with E-state index in [1.54, 1.807) is 6.21 Å². The second-order valence-corrected chi connectivity index (χ2v) is 8.08. The van der Waals surface area contributed by atoms with Crippen molar-refractivity contribution in [2.45, 2.75) is 12.1 Å². The summed E-state index contributed by atoms with van der Waals surface area (Å²) in [6.45, 7) is 2.56. The molecule has 0 aliphatic rings. The molecule has 2 aromatic carbocycles. The van der Waals surface area contributed by atoms with Gasteiger partial charge in [-0.1, -0.05) is 11.8 Å². The van der Waals surface area contributed by atoms with Crippen molar-refractivity contribution in [3.63, 3.8) is 0 Å². The van der Waals surface area contributed by atoms with E-state index in [0.29, 0.717) is 11.8 Å². The lowest BCUT2D eigenvalue weighted by molar-refractivity contribution is -0.113. The lowest BCUT2D eigenvalue weighted by Gasteiger charge is -2.05. The highest BCUT2D eigenvalue weighted by atomic mass is 127. The summed E-state index contributed by atoms with van der Waals surface area (Å²) in [6.07, 6.45) is 1.63. The topological polar surface area (TPSA) is 119 Å². The van der Waals surface area contributed by atoms with Crippen LogP contribution in [0.25, 0.3) is 0 Å². The number of nitrogen functional groups attached to an aromatic ring is 1. The minimum Gasteiger partial charge on any atom is -0.494 e. The van der Waals surface area contributed by atoms with Crippen molar-refractivity contribution in [2.75, 3.05) is 28.9 Å². The maximum Gasteiger partial charge on any atom is 0.264 e. The molecule has 9 nitrogen and oxygen atoms in total. The number of hydrogen-bond acceptors (Lipinski definition) is 8. The Bertz CT molecular complexity index is 1010. The van der Waals surface area contributed by atoms with Gasteiger partial charge in [0.15, 0.2) is 0 Å². The second kappa shape index (κ2) is 10.8. The van der Waals surface area contributed by atoms with E-state index in [2.05, 4.69) is 48.6 Å². The number of rotatable bonds is 9. The van der Waals surface area contributed by atoms with Gasteiger partial charge in [0.1, 0.15) is 5.75 Å². The summed E-state index contributed by atoms with van der Waals surface area (Å²) in [4.78, 5) is 12.1. The number of ether oxygens (including phenoxy) is 1. The Kier molecular flexibility index (Phi) is 7.90. The summed E-state index contributed by atoms with van der Waals surface area (Å²) in [5.41, 5.74) is 4.36. The molecular weight excluding hydrogens is 517 g/mol. The number of benzene rings is 2. The van der Waals surface area contributed by atoms with Crippen molar-refractivity contribution in [1.29, 1.82) is 0 Å². The molecule has 1 amide bonds. The molecule has 0 fully saturated rings. The summed E-state index contributed by atoms with van der Waals surface area (Å²) in [6, 6.07) is 15.0. The Balaban J connectivity index is 1.50. The normalized spacial score (nSPS) is 10.9. The van der Waals surface area contributed by atoms with Crippen LogP contribution in [0.15, 0.2) is 58.8 Å². The molecule has 0 aliphatic heterocycles. The molecule has 30 heavy (non-hydrogen) atoms. The van der Waals surface area contributed by atoms with Gasteiger partial charge < -0.3 is 15.9 Å². The number of thioether (sulfide) groups is 1. The third-order valence-corrected chi connectivity index (χ3v) is 5.36. The number of nitrogens with zero attached hydrogens (tertiary/aromatic N) is 4.